The van der Waals surface area contributed by atoms with Gasteiger partial charge >= 0.3 is 5.97 Å². The molecule has 174 valence electrons. The lowest BCUT2D eigenvalue weighted by atomic mass is 9.68. The maximum Gasteiger partial charge on any atom is 0.336 e. The van der Waals surface area contributed by atoms with Gasteiger partial charge in [-0.15, -0.1) is 0 Å². The van der Waals surface area contributed by atoms with E-state index in [0.29, 0.717) is 30.8 Å². The Morgan fingerprint density at radius 1 is 1.16 bits per heavy atom. The molecule has 0 saturated heterocycles. The summed E-state index contributed by atoms with van der Waals surface area (Å²) in [6.45, 7) is 12.9. The van der Waals surface area contributed by atoms with E-state index in [9.17, 15) is 9.59 Å². The number of carbonyl (C=O) groups excluding carboxylic acids is 2. The van der Waals surface area contributed by atoms with Crippen LogP contribution in [0.3, 0.4) is 0 Å². The van der Waals surface area contributed by atoms with Gasteiger partial charge in [0, 0.05) is 29.3 Å². The van der Waals surface area contributed by atoms with Gasteiger partial charge in [-0.2, -0.15) is 0 Å². The van der Waals surface area contributed by atoms with Crippen molar-refractivity contribution in [1.82, 2.24) is 5.32 Å². The number of hydrogen-bond donors (Lipinski definition) is 1. The molecule has 1 aromatic carbocycles. The molecule has 3 rings (SSSR count). The summed E-state index contributed by atoms with van der Waals surface area (Å²) in [5, 5.41) is 3.36. The minimum Gasteiger partial charge on any atom is -0.494 e. The Morgan fingerprint density at radius 3 is 2.47 bits per heavy atom. The third-order valence-electron chi connectivity index (χ3n) is 5.75. The highest BCUT2D eigenvalue weighted by atomic mass is 16.6. The van der Waals surface area contributed by atoms with E-state index in [0.717, 1.165) is 29.1 Å². The Labute approximate surface area is 191 Å². The first-order valence-corrected chi connectivity index (χ1v) is 11.4. The molecule has 1 unspecified atom stereocenters. The molecule has 6 heteroatoms. The van der Waals surface area contributed by atoms with Crippen LogP contribution in [0.15, 0.2) is 46.8 Å². The van der Waals surface area contributed by atoms with Gasteiger partial charge in [-0.05, 0) is 57.2 Å². The monoisotopic (exact) mass is 441 g/mol. The van der Waals surface area contributed by atoms with Crippen molar-refractivity contribution in [3.05, 3.63) is 52.4 Å². The molecule has 0 radical (unpaired) electrons. The van der Waals surface area contributed by atoms with Crippen LogP contribution in [0.1, 0.15) is 65.9 Å². The summed E-state index contributed by atoms with van der Waals surface area (Å²) in [7, 11) is 0. The first-order valence-electron chi connectivity index (χ1n) is 11.4. The van der Waals surface area contributed by atoms with Crippen LogP contribution in [0.4, 0.5) is 0 Å². The predicted octanol–water partition coefficient (Wildman–Crippen LogP) is 4.66. The van der Waals surface area contributed by atoms with E-state index in [4.69, 9.17) is 14.2 Å². The van der Waals surface area contributed by atoms with Gasteiger partial charge < -0.3 is 19.5 Å². The van der Waals surface area contributed by atoms with E-state index in [1.165, 1.54) is 0 Å². The maximum absolute atomic E-state index is 13.3. The standard InChI is InChI=1S/C26H35NO5/c1-7-30-19-10-8-18(9-11-19)23-22(25(29)32-13-12-31-16(2)3)17(4)27-20-14-26(5,6)15-21(28)24(20)23/h8-11,16,23,27H,7,12-15H2,1-6H3. The lowest BCUT2D eigenvalue weighted by Crippen LogP contribution is -2.38. The predicted molar refractivity (Wildman–Crippen MR) is 123 cm³/mol. The van der Waals surface area contributed by atoms with Crippen LogP contribution in [-0.4, -0.2) is 37.7 Å². The Hall–Kier alpha value is -2.60. The molecule has 1 aromatic rings. The average molecular weight is 442 g/mol. The molecule has 0 amide bonds. The molecule has 0 fully saturated rings. The lowest BCUT2D eigenvalue weighted by molar-refractivity contribution is -0.141. The van der Waals surface area contributed by atoms with E-state index in [2.05, 4.69) is 19.2 Å². The third kappa shape index (κ3) is 5.41. The minimum absolute atomic E-state index is 0.0681. The number of carbonyl (C=O) groups is 2. The van der Waals surface area contributed by atoms with Crippen molar-refractivity contribution in [3.63, 3.8) is 0 Å². The van der Waals surface area contributed by atoms with Crippen LogP contribution in [-0.2, 0) is 19.1 Å². The highest BCUT2D eigenvalue weighted by molar-refractivity contribution is 6.04. The quantitative estimate of drug-likeness (QED) is 0.467. The largest absolute Gasteiger partial charge is 0.494 e. The smallest absolute Gasteiger partial charge is 0.336 e. The molecule has 0 saturated carbocycles. The fourth-order valence-electron chi connectivity index (χ4n) is 4.46. The zero-order chi connectivity index (χ0) is 23.5. The minimum atomic E-state index is -0.468. The molecule has 0 bridgehead atoms. The summed E-state index contributed by atoms with van der Waals surface area (Å²) in [5.74, 6) is -0.0656. The molecule has 32 heavy (non-hydrogen) atoms. The van der Waals surface area contributed by atoms with Gasteiger partial charge in [0.05, 0.1) is 24.9 Å². The summed E-state index contributed by atoms with van der Waals surface area (Å²) in [6, 6.07) is 7.63. The van der Waals surface area contributed by atoms with Crippen molar-refractivity contribution in [1.29, 1.82) is 0 Å². The third-order valence-corrected chi connectivity index (χ3v) is 5.75. The number of Topliss-reactive ketones (excluding diaryl/α,β-unsaturated/α-hetero) is 1. The van der Waals surface area contributed by atoms with Gasteiger partial charge in [-0.25, -0.2) is 4.79 Å². The summed E-state index contributed by atoms with van der Waals surface area (Å²) in [6.07, 6.45) is 1.27. The van der Waals surface area contributed by atoms with Crippen molar-refractivity contribution in [2.75, 3.05) is 19.8 Å². The topological polar surface area (TPSA) is 73.9 Å². The molecule has 1 aliphatic carbocycles. The molecular weight excluding hydrogens is 406 g/mol. The molecule has 0 spiro atoms. The highest BCUT2D eigenvalue weighted by Crippen LogP contribution is 2.46. The fraction of sp³-hybridized carbons (Fsp3) is 0.538. The molecule has 0 aromatic heterocycles. The van der Waals surface area contributed by atoms with Crippen molar-refractivity contribution >= 4 is 11.8 Å². The Morgan fingerprint density at radius 2 is 1.84 bits per heavy atom. The molecule has 1 aliphatic heterocycles. The van der Waals surface area contributed by atoms with Crippen LogP contribution in [0.2, 0.25) is 0 Å². The first-order chi connectivity index (χ1) is 15.1. The van der Waals surface area contributed by atoms with Crippen LogP contribution in [0.5, 0.6) is 5.75 Å². The van der Waals surface area contributed by atoms with E-state index in [-0.39, 0.29) is 23.9 Å². The van der Waals surface area contributed by atoms with Gasteiger partial charge in [0.15, 0.2) is 5.78 Å². The average Bonchev–Trinajstić information content (AvgIpc) is 2.69. The zero-order valence-electron chi connectivity index (χ0n) is 20.0. The highest BCUT2D eigenvalue weighted by Gasteiger charge is 2.43. The molecule has 6 nitrogen and oxygen atoms in total. The normalized spacial score (nSPS) is 20.2. The first kappa shape index (κ1) is 24.1. The zero-order valence-corrected chi connectivity index (χ0v) is 20.0. The van der Waals surface area contributed by atoms with E-state index in [1.807, 2.05) is 52.0 Å². The Balaban J connectivity index is 1.97. The van der Waals surface area contributed by atoms with Gasteiger partial charge in [0.25, 0.3) is 0 Å². The summed E-state index contributed by atoms with van der Waals surface area (Å²) < 4.78 is 16.6. The number of ether oxygens (including phenoxy) is 3. The number of benzene rings is 1. The van der Waals surface area contributed by atoms with Crippen LogP contribution in [0.25, 0.3) is 0 Å². The van der Waals surface area contributed by atoms with Crippen LogP contribution in [0, 0.1) is 5.41 Å². The number of hydrogen-bond acceptors (Lipinski definition) is 6. The maximum atomic E-state index is 13.3. The van der Waals surface area contributed by atoms with Crippen molar-refractivity contribution in [3.8, 4) is 5.75 Å². The number of esters is 1. The van der Waals surface area contributed by atoms with E-state index in [1.54, 1.807) is 0 Å². The Bertz CT molecular complexity index is 924. The SMILES string of the molecule is CCOc1ccc(C2C(C(=O)OCCOC(C)C)=C(C)NC3=C2C(=O)CC(C)(C)C3)cc1. The number of rotatable bonds is 8. The lowest BCUT2D eigenvalue weighted by Gasteiger charge is -2.39. The van der Waals surface area contributed by atoms with Crippen molar-refractivity contribution in [2.24, 2.45) is 5.41 Å². The molecule has 1 heterocycles. The number of allylic oxidation sites excluding steroid dienone is 3. The second-order valence-electron chi connectivity index (χ2n) is 9.49. The molecule has 1 atom stereocenters. The number of nitrogens with one attached hydrogen (secondary N) is 1. The van der Waals surface area contributed by atoms with Gasteiger partial charge in [0.2, 0.25) is 0 Å². The fourth-order valence-corrected chi connectivity index (χ4v) is 4.46. The number of dihydropyridines is 1. The van der Waals surface area contributed by atoms with E-state index < -0.39 is 11.9 Å². The molecule has 2 aliphatic rings. The second-order valence-corrected chi connectivity index (χ2v) is 9.49. The van der Waals surface area contributed by atoms with Crippen LogP contribution < -0.4 is 10.1 Å². The molecular formula is C26H35NO5. The van der Waals surface area contributed by atoms with E-state index >= 15 is 0 Å². The summed E-state index contributed by atoms with van der Waals surface area (Å²) in [5.41, 5.74) is 3.53. The van der Waals surface area contributed by atoms with Crippen molar-refractivity contribution in [2.45, 2.75) is 66.4 Å². The Kier molecular flexibility index (Phi) is 7.44. The van der Waals surface area contributed by atoms with Crippen molar-refractivity contribution < 1.29 is 23.8 Å². The van der Waals surface area contributed by atoms with Gasteiger partial charge in [-0.1, -0.05) is 26.0 Å². The summed E-state index contributed by atoms with van der Waals surface area (Å²) in [4.78, 5) is 26.5. The number of ketones is 1. The molecule has 1 N–H and O–H groups in total. The van der Waals surface area contributed by atoms with Gasteiger partial charge in [0.1, 0.15) is 12.4 Å². The second kappa shape index (κ2) is 9.90. The summed E-state index contributed by atoms with van der Waals surface area (Å²) >= 11 is 0. The van der Waals surface area contributed by atoms with Crippen LogP contribution >= 0.6 is 0 Å². The van der Waals surface area contributed by atoms with Gasteiger partial charge in [-0.3, -0.25) is 4.79 Å².